The topological polar surface area (TPSA) is 38.9 Å². The summed E-state index contributed by atoms with van der Waals surface area (Å²) in [6, 6.07) is 0. The quantitative estimate of drug-likeness (QED) is 0.800. The lowest BCUT2D eigenvalue weighted by atomic mass is 10.2. The van der Waals surface area contributed by atoms with E-state index in [0.717, 1.165) is 24.3 Å². The highest BCUT2D eigenvalue weighted by molar-refractivity contribution is 7.09. The third-order valence-corrected chi connectivity index (χ3v) is 4.13. The Labute approximate surface area is 82.2 Å². The molecule has 70 valence electrons. The first-order chi connectivity index (χ1) is 6.40. The van der Waals surface area contributed by atoms with Gasteiger partial charge in [0.2, 0.25) is 0 Å². The highest BCUT2D eigenvalue weighted by Gasteiger charge is 2.42. The molecular formula is C10H14N2S. The Bertz CT molecular complexity index is 316. The molecule has 2 aliphatic carbocycles. The Morgan fingerprint density at radius 1 is 1.54 bits per heavy atom. The fourth-order valence-corrected chi connectivity index (χ4v) is 3.12. The van der Waals surface area contributed by atoms with Gasteiger partial charge < -0.3 is 5.73 Å². The Morgan fingerprint density at radius 2 is 2.38 bits per heavy atom. The highest BCUT2D eigenvalue weighted by Crippen LogP contribution is 2.53. The van der Waals surface area contributed by atoms with Crippen LogP contribution in [0.3, 0.4) is 0 Å². The molecule has 0 aliphatic heterocycles. The van der Waals surface area contributed by atoms with Gasteiger partial charge >= 0.3 is 0 Å². The highest BCUT2D eigenvalue weighted by atomic mass is 32.1. The Morgan fingerprint density at radius 3 is 3.00 bits per heavy atom. The van der Waals surface area contributed by atoms with Gasteiger partial charge in [-0.15, -0.1) is 11.3 Å². The van der Waals surface area contributed by atoms with Gasteiger partial charge in [0.25, 0.3) is 0 Å². The molecule has 0 radical (unpaired) electrons. The fourth-order valence-electron chi connectivity index (χ4n) is 2.03. The summed E-state index contributed by atoms with van der Waals surface area (Å²) in [7, 11) is 0. The lowest BCUT2D eigenvalue weighted by Crippen LogP contribution is -2.02. The van der Waals surface area contributed by atoms with E-state index in [1.54, 1.807) is 4.88 Å². The third-order valence-electron chi connectivity index (χ3n) is 3.15. The second-order valence-corrected chi connectivity index (χ2v) is 5.10. The van der Waals surface area contributed by atoms with Crippen molar-refractivity contribution in [3.63, 3.8) is 0 Å². The summed E-state index contributed by atoms with van der Waals surface area (Å²) in [5.74, 6) is 2.34. The zero-order valence-corrected chi connectivity index (χ0v) is 8.39. The molecule has 0 aromatic carbocycles. The van der Waals surface area contributed by atoms with Gasteiger partial charge in [0.05, 0.1) is 11.2 Å². The second kappa shape index (κ2) is 2.79. The molecule has 3 heteroatoms. The standard InChI is InChI=1S/C10H14N2S/c11-4-7-3-8(7)10-9(6-1-2-6)12-5-13-10/h5-8H,1-4,11H2. The van der Waals surface area contributed by atoms with Crippen molar-refractivity contribution in [2.75, 3.05) is 6.54 Å². The van der Waals surface area contributed by atoms with Gasteiger partial charge in [-0.1, -0.05) is 0 Å². The minimum absolute atomic E-state index is 0.762. The summed E-state index contributed by atoms with van der Waals surface area (Å²) >= 11 is 1.84. The molecule has 1 aromatic heterocycles. The van der Waals surface area contributed by atoms with Gasteiger partial charge in [-0.25, -0.2) is 4.98 Å². The minimum Gasteiger partial charge on any atom is -0.330 e. The molecule has 0 saturated heterocycles. The summed E-state index contributed by atoms with van der Waals surface area (Å²) in [5.41, 5.74) is 9.07. The Balaban J connectivity index is 1.84. The van der Waals surface area contributed by atoms with Gasteiger partial charge in [-0.2, -0.15) is 0 Å². The van der Waals surface area contributed by atoms with Crippen LogP contribution in [0.25, 0.3) is 0 Å². The van der Waals surface area contributed by atoms with Crippen LogP contribution in [0.5, 0.6) is 0 Å². The zero-order chi connectivity index (χ0) is 8.84. The first-order valence-electron chi connectivity index (χ1n) is 5.03. The molecule has 0 amide bonds. The molecule has 0 spiro atoms. The van der Waals surface area contributed by atoms with Crippen molar-refractivity contribution in [1.29, 1.82) is 0 Å². The summed E-state index contributed by atoms with van der Waals surface area (Å²) in [5, 5.41) is 0. The molecule has 2 N–H and O–H groups in total. The maximum atomic E-state index is 5.66. The number of nitrogens with zero attached hydrogens (tertiary/aromatic N) is 1. The zero-order valence-electron chi connectivity index (χ0n) is 7.57. The maximum absolute atomic E-state index is 5.66. The van der Waals surface area contributed by atoms with E-state index >= 15 is 0 Å². The fraction of sp³-hybridized carbons (Fsp3) is 0.700. The van der Waals surface area contributed by atoms with E-state index in [1.165, 1.54) is 25.0 Å². The molecule has 1 heterocycles. The lowest BCUT2D eigenvalue weighted by molar-refractivity contribution is 0.808. The molecule has 2 saturated carbocycles. The van der Waals surface area contributed by atoms with E-state index in [4.69, 9.17) is 5.73 Å². The first kappa shape index (κ1) is 7.94. The number of hydrogen-bond acceptors (Lipinski definition) is 3. The van der Waals surface area contributed by atoms with E-state index < -0.39 is 0 Å². The smallest absolute Gasteiger partial charge is 0.0797 e. The average molecular weight is 194 g/mol. The van der Waals surface area contributed by atoms with Gasteiger partial charge in [-0.3, -0.25) is 0 Å². The molecule has 13 heavy (non-hydrogen) atoms. The summed E-state index contributed by atoms with van der Waals surface area (Å²) in [6.45, 7) is 0.854. The average Bonchev–Trinajstić information content (AvgIpc) is 3.06. The van der Waals surface area contributed by atoms with Crippen molar-refractivity contribution in [3.8, 4) is 0 Å². The van der Waals surface area contributed by atoms with E-state index in [-0.39, 0.29) is 0 Å². The first-order valence-corrected chi connectivity index (χ1v) is 5.91. The number of hydrogen-bond donors (Lipinski definition) is 1. The van der Waals surface area contributed by atoms with Crippen LogP contribution in [0.1, 0.15) is 41.7 Å². The van der Waals surface area contributed by atoms with Crippen LogP contribution >= 0.6 is 11.3 Å². The van der Waals surface area contributed by atoms with Crippen molar-refractivity contribution in [3.05, 3.63) is 16.1 Å². The van der Waals surface area contributed by atoms with Crippen LogP contribution < -0.4 is 5.73 Å². The van der Waals surface area contributed by atoms with E-state index in [1.807, 2.05) is 16.8 Å². The Kier molecular flexibility index (Phi) is 1.70. The van der Waals surface area contributed by atoms with Gasteiger partial charge in [0, 0.05) is 10.8 Å². The van der Waals surface area contributed by atoms with Crippen molar-refractivity contribution < 1.29 is 0 Å². The number of thiazole rings is 1. The molecule has 1 aromatic rings. The number of nitrogens with two attached hydrogens (primary N) is 1. The van der Waals surface area contributed by atoms with Crippen LogP contribution in [-0.4, -0.2) is 11.5 Å². The molecule has 2 unspecified atom stereocenters. The largest absolute Gasteiger partial charge is 0.330 e. The van der Waals surface area contributed by atoms with E-state index in [9.17, 15) is 0 Å². The monoisotopic (exact) mass is 194 g/mol. The van der Waals surface area contributed by atoms with Crippen LogP contribution in [0.2, 0.25) is 0 Å². The van der Waals surface area contributed by atoms with Crippen LogP contribution in [0.15, 0.2) is 5.51 Å². The molecule has 2 nitrogen and oxygen atoms in total. The molecular weight excluding hydrogens is 180 g/mol. The summed E-state index contributed by atoms with van der Waals surface area (Å²) < 4.78 is 0. The van der Waals surface area contributed by atoms with Crippen molar-refractivity contribution in [2.45, 2.75) is 31.1 Å². The predicted octanol–water partition coefficient (Wildman–Crippen LogP) is 2.08. The van der Waals surface area contributed by atoms with Gasteiger partial charge in [-0.05, 0) is 37.6 Å². The van der Waals surface area contributed by atoms with Crippen LogP contribution in [0.4, 0.5) is 0 Å². The molecule has 0 bridgehead atoms. The number of rotatable bonds is 3. The minimum atomic E-state index is 0.762. The van der Waals surface area contributed by atoms with Crippen LogP contribution in [-0.2, 0) is 0 Å². The van der Waals surface area contributed by atoms with Crippen molar-refractivity contribution >= 4 is 11.3 Å². The summed E-state index contributed by atoms with van der Waals surface area (Å²) in [6.07, 6.45) is 4.02. The molecule has 3 rings (SSSR count). The van der Waals surface area contributed by atoms with Crippen LogP contribution in [0, 0.1) is 5.92 Å². The van der Waals surface area contributed by atoms with Gasteiger partial charge in [0.1, 0.15) is 0 Å². The van der Waals surface area contributed by atoms with E-state index in [0.29, 0.717) is 0 Å². The van der Waals surface area contributed by atoms with Crippen molar-refractivity contribution in [1.82, 2.24) is 4.98 Å². The number of aromatic nitrogens is 1. The maximum Gasteiger partial charge on any atom is 0.0797 e. The van der Waals surface area contributed by atoms with E-state index in [2.05, 4.69) is 4.98 Å². The van der Waals surface area contributed by atoms with Gasteiger partial charge in [0.15, 0.2) is 0 Å². The normalized spacial score (nSPS) is 32.1. The third kappa shape index (κ3) is 1.30. The SMILES string of the molecule is NCC1CC1c1scnc1C1CC1. The second-order valence-electron chi connectivity index (χ2n) is 4.21. The Hall–Kier alpha value is -0.410. The lowest BCUT2D eigenvalue weighted by Gasteiger charge is -1.98. The molecule has 2 aliphatic rings. The summed E-state index contributed by atoms with van der Waals surface area (Å²) in [4.78, 5) is 6.04. The molecule has 2 atom stereocenters. The molecule has 2 fully saturated rings. The van der Waals surface area contributed by atoms with Crippen molar-refractivity contribution in [2.24, 2.45) is 11.7 Å². The predicted molar refractivity (Wildman–Crippen MR) is 54.0 cm³/mol.